The lowest BCUT2D eigenvalue weighted by Crippen LogP contribution is -2.33. The van der Waals surface area contributed by atoms with Gasteiger partial charge < -0.3 is 15.2 Å². The number of aryl methyl sites for hydroxylation is 2. The van der Waals surface area contributed by atoms with Crippen LogP contribution in [0.25, 0.3) is 0 Å². The van der Waals surface area contributed by atoms with Gasteiger partial charge in [-0.25, -0.2) is 4.79 Å². The summed E-state index contributed by atoms with van der Waals surface area (Å²) in [4.78, 5) is 25.6. The Morgan fingerprint density at radius 1 is 1.14 bits per heavy atom. The van der Waals surface area contributed by atoms with E-state index in [0.29, 0.717) is 17.9 Å². The first-order valence-corrected chi connectivity index (χ1v) is 9.97. The largest absolute Gasteiger partial charge is 0.481 e. The summed E-state index contributed by atoms with van der Waals surface area (Å²) in [5, 5.41) is 11.8. The molecule has 0 atom stereocenters. The number of amides is 1. The topological polar surface area (TPSA) is 78.9 Å². The molecule has 2 N–H and O–H groups in total. The average Bonchev–Trinajstić information content (AvgIpc) is 2.70. The number of carboxylic acids is 1. The van der Waals surface area contributed by atoms with E-state index in [1.165, 1.54) is 11.1 Å². The number of nitrogens with zero attached hydrogens (tertiary/aromatic N) is 1. The minimum atomic E-state index is -1.03. The fourth-order valence-corrected chi connectivity index (χ4v) is 3.79. The number of aliphatic carboxylic acids is 1. The number of rotatable bonds is 8. The van der Waals surface area contributed by atoms with Gasteiger partial charge in [0, 0.05) is 31.7 Å². The molecule has 0 spiro atoms. The molecular formula is C23H28N2O4. The van der Waals surface area contributed by atoms with E-state index >= 15 is 0 Å². The minimum Gasteiger partial charge on any atom is -0.481 e. The summed E-state index contributed by atoms with van der Waals surface area (Å²) in [6, 6.07) is 12.1. The molecule has 0 radical (unpaired) electrons. The van der Waals surface area contributed by atoms with E-state index in [1.54, 1.807) is 12.1 Å². The molecule has 0 aliphatic carbocycles. The molecule has 1 heterocycles. The van der Waals surface area contributed by atoms with Gasteiger partial charge in [-0.2, -0.15) is 0 Å². The highest BCUT2D eigenvalue weighted by atomic mass is 16.5. The number of ether oxygens (including phenoxy) is 1. The molecule has 29 heavy (non-hydrogen) atoms. The summed E-state index contributed by atoms with van der Waals surface area (Å²) < 4.78 is 5.32. The first-order valence-electron chi connectivity index (χ1n) is 9.97. The van der Waals surface area contributed by atoms with Crippen molar-refractivity contribution in [2.45, 2.75) is 33.2 Å². The van der Waals surface area contributed by atoms with Crippen molar-refractivity contribution >= 4 is 11.9 Å². The van der Waals surface area contributed by atoms with E-state index in [-0.39, 0.29) is 5.91 Å². The maximum absolute atomic E-state index is 12.5. The Kier molecular flexibility index (Phi) is 6.88. The van der Waals surface area contributed by atoms with Gasteiger partial charge in [0.25, 0.3) is 5.91 Å². The predicted molar refractivity (Wildman–Crippen MR) is 111 cm³/mol. The summed E-state index contributed by atoms with van der Waals surface area (Å²) >= 11 is 0. The first kappa shape index (κ1) is 20.9. The molecule has 0 bridgehead atoms. The van der Waals surface area contributed by atoms with Gasteiger partial charge in [0.1, 0.15) is 5.75 Å². The molecule has 2 aromatic rings. The number of carboxylic acid groups (broad SMARTS) is 1. The first-order chi connectivity index (χ1) is 13.9. The molecule has 3 rings (SSSR count). The SMILES string of the molecule is Cc1cc(C(=O)NCCCN2CCc3ccccc3C2)cc(C)c1OCC(=O)O. The van der Waals surface area contributed by atoms with Crippen LogP contribution in [0.1, 0.15) is 39.0 Å². The highest BCUT2D eigenvalue weighted by molar-refractivity contribution is 5.94. The highest BCUT2D eigenvalue weighted by Gasteiger charge is 2.16. The van der Waals surface area contributed by atoms with Crippen molar-refractivity contribution in [3.05, 3.63) is 64.2 Å². The second-order valence-electron chi connectivity index (χ2n) is 7.53. The Morgan fingerprint density at radius 2 is 1.83 bits per heavy atom. The van der Waals surface area contributed by atoms with Crippen LogP contribution in [0.3, 0.4) is 0 Å². The van der Waals surface area contributed by atoms with Gasteiger partial charge in [-0.15, -0.1) is 0 Å². The number of carbonyl (C=O) groups excluding carboxylic acids is 1. The quantitative estimate of drug-likeness (QED) is 0.671. The molecule has 154 valence electrons. The van der Waals surface area contributed by atoms with Crippen molar-refractivity contribution in [2.75, 3.05) is 26.2 Å². The van der Waals surface area contributed by atoms with E-state index in [2.05, 4.69) is 34.5 Å². The van der Waals surface area contributed by atoms with Gasteiger partial charge in [-0.05, 0) is 61.1 Å². The summed E-state index contributed by atoms with van der Waals surface area (Å²) in [5.74, 6) is -0.623. The smallest absolute Gasteiger partial charge is 0.341 e. The van der Waals surface area contributed by atoms with Crippen LogP contribution in [0.5, 0.6) is 5.75 Å². The van der Waals surface area contributed by atoms with Crippen LogP contribution in [-0.2, 0) is 17.8 Å². The number of hydrogen-bond donors (Lipinski definition) is 2. The van der Waals surface area contributed by atoms with Crippen molar-refractivity contribution in [1.29, 1.82) is 0 Å². The third-order valence-corrected chi connectivity index (χ3v) is 5.21. The average molecular weight is 396 g/mol. The van der Waals surface area contributed by atoms with Crippen LogP contribution < -0.4 is 10.1 Å². The zero-order valence-electron chi connectivity index (χ0n) is 17.0. The van der Waals surface area contributed by atoms with Crippen LogP contribution >= 0.6 is 0 Å². The Hall–Kier alpha value is -2.86. The molecule has 0 aromatic heterocycles. The van der Waals surface area contributed by atoms with Crippen LogP contribution in [0.2, 0.25) is 0 Å². The van der Waals surface area contributed by atoms with E-state index < -0.39 is 12.6 Å². The van der Waals surface area contributed by atoms with Crippen molar-refractivity contribution in [3.63, 3.8) is 0 Å². The van der Waals surface area contributed by atoms with Crippen molar-refractivity contribution in [1.82, 2.24) is 10.2 Å². The van der Waals surface area contributed by atoms with E-state index in [0.717, 1.165) is 43.6 Å². The van der Waals surface area contributed by atoms with E-state index in [4.69, 9.17) is 9.84 Å². The summed E-state index contributed by atoms with van der Waals surface area (Å²) in [7, 11) is 0. The molecule has 1 aliphatic heterocycles. The second-order valence-corrected chi connectivity index (χ2v) is 7.53. The van der Waals surface area contributed by atoms with E-state index in [9.17, 15) is 9.59 Å². The Labute approximate surface area is 171 Å². The molecule has 1 aliphatic rings. The monoisotopic (exact) mass is 396 g/mol. The molecule has 0 saturated carbocycles. The molecule has 0 unspecified atom stereocenters. The normalized spacial score (nSPS) is 13.6. The lowest BCUT2D eigenvalue weighted by Gasteiger charge is -2.28. The maximum Gasteiger partial charge on any atom is 0.341 e. The molecule has 1 amide bonds. The van der Waals surface area contributed by atoms with E-state index in [1.807, 2.05) is 13.8 Å². The number of carbonyl (C=O) groups is 2. The Bertz CT molecular complexity index is 871. The Balaban J connectivity index is 1.47. The van der Waals surface area contributed by atoms with Gasteiger partial charge in [0.15, 0.2) is 6.61 Å². The Morgan fingerprint density at radius 3 is 2.52 bits per heavy atom. The number of nitrogens with one attached hydrogen (secondary N) is 1. The lowest BCUT2D eigenvalue weighted by atomic mass is 10.00. The lowest BCUT2D eigenvalue weighted by molar-refractivity contribution is -0.139. The van der Waals surface area contributed by atoms with Crippen molar-refractivity contribution < 1.29 is 19.4 Å². The number of benzene rings is 2. The fraction of sp³-hybridized carbons (Fsp3) is 0.391. The zero-order chi connectivity index (χ0) is 20.8. The van der Waals surface area contributed by atoms with Crippen LogP contribution in [0, 0.1) is 13.8 Å². The number of fused-ring (bicyclic) bond motifs is 1. The summed E-state index contributed by atoms with van der Waals surface area (Å²) in [6.45, 7) is 6.83. The zero-order valence-corrected chi connectivity index (χ0v) is 17.0. The van der Waals surface area contributed by atoms with Crippen LogP contribution in [0.15, 0.2) is 36.4 Å². The molecule has 0 saturated heterocycles. The molecule has 6 heteroatoms. The predicted octanol–water partition coefficient (Wildman–Crippen LogP) is 2.95. The third kappa shape index (κ3) is 5.57. The minimum absolute atomic E-state index is 0.120. The van der Waals surface area contributed by atoms with Crippen LogP contribution in [0.4, 0.5) is 0 Å². The molecule has 2 aromatic carbocycles. The third-order valence-electron chi connectivity index (χ3n) is 5.21. The second kappa shape index (κ2) is 9.56. The van der Waals surface area contributed by atoms with Gasteiger partial charge in [0.2, 0.25) is 0 Å². The fourth-order valence-electron chi connectivity index (χ4n) is 3.79. The molecular weight excluding hydrogens is 368 g/mol. The molecule has 0 fully saturated rings. The maximum atomic E-state index is 12.5. The highest BCUT2D eigenvalue weighted by Crippen LogP contribution is 2.25. The van der Waals surface area contributed by atoms with Crippen molar-refractivity contribution in [2.24, 2.45) is 0 Å². The molecule has 6 nitrogen and oxygen atoms in total. The van der Waals surface area contributed by atoms with Gasteiger partial charge >= 0.3 is 5.97 Å². The van der Waals surface area contributed by atoms with Gasteiger partial charge in [-0.1, -0.05) is 24.3 Å². The number of hydrogen-bond acceptors (Lipinski definition) is 4. The standard InChI is InChI=1S/C23H28N2O4/c1-16-12-20(13-17(2)22(16)29-15-21(26)27)23(28)24-9-5-10-25-11-8-18-6-3-4-7-19(18)14-25/h3-4,6-7,12-13H,5,8-11,14-15H2,1-2H3,(H,24,28)(H,26,27). The van der Waals surface area contributed by atoms with Crippen LogP contribution in [-0.4, -0.2) is 48.1 Å². The summed E-state index contributed by atoms with van der Waals surface area (Å²) in [5.41, 5.74) is 4.92. The van der Waals surface area contributed by atoms with Crippen molar-refractivity contribution in [3.8, 4) is 5.75 Å². The van der Waals surface area contributed by atoms with Gasteiger partial charge in [0.05, 0.1) is 0 Å². The van der Waals surface area contributed by atoms with Gasteiger partial charge in [-0.3, -0.25) is 9.69 Å². The summed E-state index contributed by atoms with van der Waals surface area (Å²) in [6.07, 6.45) is 1.98.